The van der Waals surface area contributed by atoms with Crippen molar-refractivity contribution in [3.8, 4) is 0 Å². The molecule has 0 aliphatic heterocycles. The van der Waals surface area contributed by atoms with Gasteiger partial charge in [0.1, 0.15) is 0 Å². The highest BCUT2D eigenvalue weighted by Gasteiger charge is 2.08. The zero-order valence-corrected chi connectivity index (χ0v) is 9.12. The van der Waals surface area contributed by atoms with E-state index in [1.807, 2.05) is 24.3 Å². The Morgan fingerprint density at radius 2 is 1.75 bits per heavy atom. The Morgan fingerprint density at radius 3 is 2.56 bits per heavy atom. The van der Waals surface area contributed by atoms with Crippen LogP contribution in [0.5, 0.6) is 0 Å². The summed E-state index contributed by atoms with van der Waals surface area (Å²) < 4.78 is 2.33. The minimum absolute atomic E-state index is 0.344. The van der Waals surface area contributed by atoms with Crippen LogP contribution in [-0.4, -0.2) is 11.1 Å². The van der Waals surface area contributed by atoms with Gasteiger partial charge in [0.25, 0.3) is 0 Å². The molecular weight excluding hydrogens is 220 g/mol. The number of benzene rings is 2. The molecule has 0 unspecified atom stereocenters. The molecule has 16 heavy (non-hydrogen) atoms. The normalized spacial score (nSPS) is 11.0. The summed E-state index contributed by atoms with van der Waals surface area (Å²) in [5, 5.41) is 11.1. The zero-order valence-electron chi connectivity index (χ0n) is 8.31. The van der Waals surface area contributed by atoms with E-state index in [1.54, 1.807) is 23.5 Å². The fraction of sp³-hybridized carbons (Fsp3) is 0. The van der Waals surface area contributed by atoms with Gasteiger partial charge in [-0.2, -0.15) is 0 Å². The van der Waals surface area contributed by atoms with E-state index in [2.05, 4.69) is 6.07 Å². The van der Waals surface area contributed by atoms with Gasteiger partial charge in [0.15, 0.2) is 0 Å². The molecule has 78 valence electrons. The van der Waals surface area contributed by atoms with E-state index in [1.165, 1.54) is 4.70 Å². The molecular formula is C13H8O2S. The molecule has 0 atom stereocenters. The fourth-order valence-corrected chi connectivity index (χ4v) is 2.95. The lowest BCUT2D eigenvalue weighted by molar-refractivity contribution is 0.0697. The molecule has 1 heterocycles. The van der Waals surface area contributed by atoms with Gasteiger partial charge in [-0.15, -0.1) is 11.3 Å². The quantitative estimate of drug-likeness (QED) is 0.688. The van der Waals surface area contributed by atoms with Crippen molar-refractivity contribution in [1.82, 2.24) is 0 Å². The number of carbonyl (C=O) groups is 1. The highest BCUT2D eigenvalue weighted by atomic mass is 32.1. The van der Waals surface area contributed by atoms with Crippen LogP contribution in [0.25, 0.3) is 20.2 Å². The molecule has 2 nitrogen and oxygen atoms in total. The second kappa shape index (κ2) is 3.32. The molecule has 1 N–H and O–H groups in total. The smallest absolute Gasteiger partial charge is 0.335 e. The van der Waals surface area contributed by atoms with Crippen LogP contribution in [0.4, 0.5) is 0 Å². The molecule has 0 bridgehead atoms. The standard InChI is InChI=1S/C13H8O2S/c14-13(15)8-5-6-12-10(7-8)9-3-1-2-4-11(9)16-12/h1-7H,(H,14,15). The summed E-state index contributed by atoms with van der Waals surface area (Å²) >= 11 is 1.69. The van der Waals surface area contributed by atoms with Gasteiger partial charge in [-0.25, -0.2) is 4.79 Å². The van der Waals surface area contributed by atoms with E-state index in [0.29, 0.717) is 5.56 Å². The van der Waals surface area contributed by atoms with Crippen molar-refractivity contribution in [2.24, 2.45) is 0 Å². The van der Waals surface area contributed by atoms with Crippen molar-refractivity contribution in [2.45, 2.75) is 0 Å². The Bertz CT molecular complexity index is 697. The number of aromatic carboxylic acids is 1. The molecule has 0 amide bonds. The molecule has 0 spiro atoms. The summed E-state index contributed by atoms with van der Waals surface area (Å²) in [6.07, 6.45) is 0. The van der Waals surface area contributed by atoms with Crippen LogP contribution in [0.3, 0.4) is 0 Å². The Balaban J connectivity index is 2.44. The predicted molar refractivity (Wildman–Crippen MR) is 66.3 cm³/mol. The Kier molecular flexibility index (Phi) is 1.94. The van der Waals surface area contributed by atoms with Crippen LogP contribution < -0.4 is 0 Å². The van der Waals surface area contributed by atoms with Gasteiger partial charge in [0.2, 0.25) is 0 Å². The molecule has 1 aromatic heterocycles. The largest absolute Gasteiger partial charge is 0.478 e. The minimum Gasteiger partial charge on any atom is -0.478 e. The van der Waals surface area contributed by atoms with E-state index in [9.17, 15) is 4.79 Å². The summed E-state index contributed by atoms with van der Waals surface area (Å²) in [4.78, 5) is 10.9. The van der Waals surface area contributed by atoms with Gasteiger partial charge in [-0.1, -0.05) is 18.2 Å². The monoisotopic (exact) mass is 228 g/mol. The van der Waals surface area contributed by atoms with E-state index < -0.39 is 5.97 Å². The maximum atomic E-state index is 10.9. The summed E-state index contributed by atoms with van der Waals surface area (Å²) in [5.74, 6) is -0.878. The van der Waals surface area contributed by atoms with E-state index in [-0.39, 0.29) is 0 Å². The molecule has 3 aromatic rings. The lowest BCUT2D eigenvalue weighted by atomic mass is 10.1. The van der Waals surface area contributed by atoms with Gasteiger partial charge >= 0.3 is 5.97 Å². The molecule has 3 rings (SSSR count). The maximum Gasteiger partial charge on any atom is 0.335 e. The van der Waals surface area contributed by atoms with Crippen molar-refractivity contribution < 1.29 is 9.90 Å². The number of rotatable bonds is 1. The van der Waals surface area contributed by atoms with Gasteiger partial charge in [0.05, 0.1) is 5.56 Å². The highest BCUT2D eigenvalue weighted by molar-refractivity contribution is 7.25. The van der Waals surface area contributed by atoms with Crippen LogP contribution >= 0.6 is 11.3 Å². The SMILES string of the molecule is O=C(O)c1ccc2sc3ccccc3c2c1. The predicted octanol–water partition coefficient (Wildman–Crippen LogP) is 3.75. The Labute approximate surface area is 95.8 Å². The number of hydrogen-bond donors (Lipinski definition) is 1. The topological polar surface area (TPSA) is 37.3 Å². The first kappa shape index (κ1) is 9.36. The zero-order chi connectivity index (χ0) is 11.1. The molecule has 0 radical (unpaired) electrons. The lowest BCUT2D eigenvalue weighted by Crippen LogP contribution is -1.94. The Hall–Kier alpha value is -1.87. The van der Waals surface area contributed by atoms with Crippen molar-refractivity contribution in [3.05, 3.63) is 48.0 Å². The van der Waals surface area contributed by atoms with Crippen molar-refractivity contribution in [1.29, 1.82) is 0 Å². The first-order valence-electron chi connectivity index (χ1n) is 4.90. The van der Waals surface area contributed by atoms with Crippen LogP contribution in [0.2, 0.25) is 0 Å². The van der Waals surface area contributed by atoms with E-state index >= 15 is 0 Å². The highest BCUT2D eigenvalue weighted by Crippen LogP contribution is 2.33. The minimum atomic E-state index is -0.878. The number of carboxylic acid groups (broad SMARTS) is 1. The number of hydrogen-bond acceptors (Lipinski definition) is 2. The lowest BCUT2D eigenvalue weighted by Gasteiger charge is -1.94. The van der Waals surface area contributed by atoms with Crippen LogP contribution in [0, 0.1) is 0 Å². The first-order chi connectivity index (χ1) is 7.75. The molecule has 0 saturated carbocycles. The first-order valence-corrected chi connectivity index (χ1v) is 5.72. The second-order valence-corrected chi connectivity index (χ2v) is 4.70. The van der Waals surface area contributed by atoms with Gasteiger partial charge < -0.3 is 5.11 Å². The molecule has 0 aliphatic rings. The van der Waals surface area contributed by atoms with Gasteiger partial charge in [-0.05, 0) is 24.3 Å². The van der Waals surface area contributed by atoms with Crippen molar-refractivity contribution in [3.63, 3.8) is 0 Å². The summed E-state index contributed by atoms with van der Waals surface area (Å²) in [6, 6.07) is 13.3. The summed E-state index contributed by atoms with van der Waals surface area (Å²) in [7, 11) is 0. The number of carboxylic acids is 1. The molecule has 0 aliphatic carbocycles. The molecule has 3 heteroatoms. The molecule has 2 aromatic carbocycles. The van der Waals surface area contributed by atoms with Crippen LogP contribution in [0.1, 0.15) is 10.4 Å². The van der Waals surface area contributed by atoms with Gasteiger partial charge in [0, 0.05) is 20.2 Å². The fourth-order valence-electron chi connectivity index (χ4n) is 1.86. The number of fused-ring (bicyclic) bond motifs is 3. The average Bonchev–Trinajstić information content (AvgIpc) is 2.66. The third-order valence-electron chi connectivity index (χ3n) is 2.62. The maximum absolute atomic E-state index is 10.9. The summed E-state index contributed by atoms with van der Waals surface area (Å²) in [6.45, 7) is 0. The Morgan fingerprint density at radius 1 is 1.00 bits per heavy atom. The molecule has 0 saturated heterocycles. The van der Waals surface area contributed by atoms with Crippen molar-refractivity contribution in [2.75, 3.05) is 0 Å². The molecule has 0 fully saturated rings. The van der Waals surface area contributed by atoms with Crippen molar-refractivity contribution >= 4 is 37.5 Å². The average molecular weight is 228 g/mol. The van der Waals surface area contributed by atoms with Crippen LogP contribution in [0.15, 0.2) is 42.5 Å². The third kappa shape index (κ3) is 1.29. The number of thiophene rings is 1. The van der Waals surface area contributed by atoms with E-state index in [0.717, 1.165) is 15.5 Å². The summed E-state index contributed by atoms with van der Waals surface area (Å²) in [5.41, 5.74) is 0.344. The van der Waals surface area contributed by atoms with E-state index in [4.69, 9.17) is 5.11 Å². The van der Waals surface area contributed by atoms with Gasteiger partial charge in [-0.3, -0.25) is 0 Å². The van der Waals surface area contributed by atoms with Crippen LogP contribution in [-0.2, 0) is 0 Å². The second-order valence-electron chi connectivity index (χ2n) is 3.61. The third-order valence-corrected chi connectivity index (χ3v) is 3.78.